The fourth-order valence-corrected chi connectivity index (χ4v) is 6.94. The number of aromatic nitrogens is 5. The van der Waals surface area contributed by atoms with E-state index in [-0.39, 0.29) is 0 Å². The van der Waals surface area contributed by atoms with Crippen molar-refractivity contribution in [3.63, 3.8) is 0 Å². The number of rotatable bonds is 6. The Morgan fingerprint density at radius 3 is 1.88 bits per heavy atom. The topological polar surface area (TPSA) is 40.6 Å². The summed E-state index contributed by atoms with van der Waals surface area (Å²) in [6, 6.07) is 55.7. The maximum atomic E-state index is 5.42. The summed E-state index contributed by atoms with van der Waals surface area (Å²) >= 11 is 0. The first kappa shape index (κ1) is 27.8. The third-order valence-electron chi connectivity index (χ3n) is 9.13. The number of fused-ring (bicyclic) bond motifs is 3. The van der Waals surface area contributed by atoms with Crippen molar-refractivity contribution in [2.24, 2.45) is 7.05 Å². The van der Waals surface area contributed by atoms with E-state index in [1.165, 1.54) is 10.8 Å². The summed E-state index contributed by atoms with van der Waals surface area (Å²) in [6.07, 6.45) is 3.83. The monoisotopic (exact) mass is 617 g/mol. The lowest BCUT2D eigenvalue weighted by Gasteiger charge is -2.13. The standard InChI is InChI=1S/C43H31N5/c1-46-27-26-44-43(46)33-20-13-21-34(28-33)47-38-23-12-11-22-36(38)37-25-24-35(29-39(37)47)48-42(32-18-9-4-10-19-32)40(30-14-5-2-6-15-30)41(45-48)31-16-7-3-8-17-31/h2-29H,1H3. The van der Waals surface area contributed by atoms with Gasteiger partial charge in [-0.1, -0.05) is 127 Å². The molecular formula is C43H31N5. The number of para-hydroxylation sites is 1. The van der Waals surface area contributed by atoms with Gasteiger partial charge in [0.2, 0.25) is 0 Å². The molecule has 5 nitrogen and oxygen atoms in total. The molecule has 0 amide bonds. The van der Waals surface area contributed by atoms with Crippen LogP contribution in [0.25, 0.3) is 78.2 Å². The highest BCUT2D eigenvalue weighted by atomic mass is 15.3. The zero-order valence-corrected chi connectivity index (χ0v) is 26.4. The van der Waals surface area contributed by atoms with Crippen molar-refractivity contribution >= 4 is 21.8 Å². The van der Waals surface area contributed by atoms with Crippen molar-refractivity contribution in [1.29, 1.82) is 0 Å². The van der Waals surface area contributed by atoms with Crippen molar-refractivity contribution in [3.8, 4) is 56.4 Å². The Bertz CT molecular complexity index is 2560. The van der Waals surface area contributed by atoms with E-state index in [9.17, 15) is 0 Å². The summed E-state index contributed by atoms with van der Waals surface area (Å²) in [6.45, 7) is 0. The van der Waals surface area contributed by atoms with Gasteiger partial charge in [-0.25, -0.2) is 9.67 Å². The lowest BCUT2D eigenvalue weighted by molar-refractivity contribution is 0.892. The fraction of sp³-hybridized carbons (Fsp3) is 0.0233. The van der Waals surface area contributed by atoms with E-state index < -0.39 is 0 Å². The van der Waals surface area contributed by atoms with E-state index in [0.29, 0.717) is 0 Å². The van der Waals surface area contributed by atoms with Crippen LogP contribution in [0.3, 0.4) is 0 Å². The zero-order chi connectivity index (χ0) is 32.0. The first-order valence-electron chi connectivity index (χ1n) is 16.2. The van der Waals surface area contributed by atoms with Gasteiger partial charge in [-0.3, -0.25) is 0 Å². The summed E-state index contributed by atoms with van der Waals surface area (Å²) in [5.41, 5.74) is 11.8. The molecule has 9 aromatic rings. The Kier molecular flexibility index (Phi) is 6.61. The second-order valence-corrected chi connectivity index (χ2v) is 12.0. The average molecular weight is 618 g/mol. The van der Waals surface area contributed by atoms with E-state index in [4.69, 9.17) is 5.10 Å². The summed E-state index contributed by atoms with van der Waals surface area (Å²) in [5.74, 6) is 0.934. The van der Waals surface area contributed by atoms with Gasteiger partial charge < -0.3 is 9.13 Å². The normalized spacial score (nSPS) is 11.4. The molecule has 0 aliphatic heterocycles. The highest BCUT2D eigenvalue weighted by molar-refractivity contribution is 6.10. The SMILES string of the molecule is Cn1ccnc1-c1cccc(-n2c3ccccc3c3ccc(-n4nc(-c5ccccc5)c(-c5ccccc5)c4-c4ccccc4)cc32)c1. The van der Waals surface area contributed by atoms with E-state index in [1.807, 2.05) is 19.4 Å². The number of benzene rings is 6. The Morgan fingerprint density at radius 1 is 0.500 bits per heavy atom. The Balaban J connectivity index is 1.34. The van der Waals surface area contributed by atoms with Crippen molar-refractivity contribution < 1.29 is 0 Å². The van der Waals surface area contributed by atoms with Crippen LogP contribution in [0, 0.1) is 0 Å². The van der Waals surface area contributed by atoms with Crippen LogP contribution in [0.15, 0.2) is 170 Å². The van der Waals surface area contributed by atoms with Gasteiger partial charge in [0.25, 0.3) is 0 Å². The van der Waals surface area contributed by atoms with Crippen LogP contribution in [-0.2, 0) is 7.05 Å². The molecule has 9 rings (SSSR count). The van der Waals surface area contributed by atoms with Crippen LogP contribution in [0.1, 0.15) is 0 Å². The summed E-state index contributed by atoms with van der Waals surface area (Å²) in [4.78, 5) is 4.63. The molecule has 0 fully saturated rings. The van der Waals surface area contributed by atoms with Gasteiger partial charge in [0.05, 0.1) is 22.4 Å². The molecule has 0 aliphatic carbocycles. The molecule has 48 heavy (non-hydrogen) atoms. The van der Waals surface area contributed by atoms with Gasteiger partial charge in [-0.15, -0.1) is 0 Å². The maximum Gasteiger partial charge on any atom is 0.139 e. The number of hydrogen-bond acceptors (Lipinski definition) is 2. The summed E-state index contributed by atoms with van der Waals surface area (Å²) in [5, 5.41) is 7.82. The minimum Gasteiger partial charge on any atom is -0.334 e. The molecule has 228 valence electrons. The van der Waals surface area contributed by atoms with Crippen molar-refractivity contribution in [3.05, 3.63) is 170 Å². The number of aryl methyl sites for hydroxylation is 1. The maximum absolute atomic E-state index is 5.42. The van der Waals surface area contributed by atoms with Crippen LogP contribution in [0.2, 0.25) is 0 Å². The molecule has 0 atom stereocenters. The molecule has 0 radical (unpaired) electrons. The van der Waals surface area contributed by atoms with Gasteiger partial charge in [0.1, 0.15) is 11.5 Å². The second kappa shape index (κ2) is 11.4. The second-order valence-electron chi connectivity index (χ2n) is 12.0. The minimum absolute atomic E-state index is 0.934. The van der Waals surface area contributed by atoms with Crippen LogP contribution in [0.5, 0.6) is 0 Å². The van der Waals surface area contributed by atoms with Gasteiger partial charge in [0.15, 0.2) is 0 Å². The summed E-state index contributed by atoms with van der Waals surface area (Å²) in [7, 11) is 2.03. The van der Waals surface area contributed by atoms with E-state index in [1.54, 1.807) is 0 Å². The molecule has 0 bridgehead atoms. The quantitative estimate of drug-likeness (QED) is 0.186. The highest BCUT2D eigenvalue weighted by Gasteiger charge is 2.24. The van der Waals surface area contributed by atoms with Gasteiger partial charge in [-0.05, 0) is 35.9 Å². The van der Waals surface area contributed by atoms with Crippen LogP contribution < -0.4 is 0 Å². The molecule has 3 heterocycles. The lowest BCUT2D eigenvalue weighted by Crippen LogP contribution is -2.01. The predicted octanol–water partition coefficient (Wildman–Crippen LogP) is 10.4. The minimum atomic E-state index is 0.934. The molecular weight excluding hydrogens is 587 g/mol. The van der Waals surface area contributed by atoms with Crippen molar-refractivity contribution in [2.45, 2.75) is 0 Å². The average Bonchev–Trinajstić information content (AvgIpc) is 3.86. The molecule has 0 aliphatic rings. The van der Waals surface area contributed by atoms with Crippen LogP contribution in [-0.4, -0.2) is 23.9 Å². The lowest BCUT2D eigenvalue weighted by atomic mass is 9.96. The molecule has 3 aromatic heterocycles. The van der Waals surface area contributed by atoms with Gasteiger partial charge >= 0.3 is 0 Å². The number of imidazole rings is 1. The number of nitrogens with zero attached hydrogens (tertiary/aromatic N) is 5. The molecule has 0 unspecified atom stereocenters. The Morgan fingerprint density at radius 2 is 1.15 bits per heavy atom. The predicted molar refractivity (Wildman–Crippen MR) is 196 cm³/mol. The van der Waals surface area contributed by atoms with E-state index in [2.05, 4.69) is 177 Å². The van der Waals surface area contributed by atoms with Gasteiger partial charge in [0, 0.05) is 58.2 Å². The third kappa shape index (κ3) is 4.56. The first-order valence-corrected chi connectivity index (χ1v) is 16.2. The largest absolute Gasteiger partial charge is 0.334 e. The first-order chi connectivity index (χ1) is 23.7. The number of hydrogen-bond donors (Lipinski definition) is 0. The highest BCUT2D eigenvalue weighted by Crippen LogP contribution is 2.42. The van der Waals surface area contributed by atoms with E-state index >= 15 is 0 Å². The molecule has 0 saturated carbocycles. The van der Waals surface area contributed by atoms with E-state index in [0.717, 1.165) is 67.4 Å². The third-order valence-corrected chi connectivity index (χ3v) is 9.13. The van der Waals surface area contributed by atoms with Crippen LogP contribution >= 0.6 is 0 Å². The van der Waals surface area contributed by atoms with Crippen molar-refractivity contribution in [2.75, 3.05) is 0 Å². The fourth-order valence-electron chi connectivity index (χ4n) is 6.94. The molecule has 5 heteroatoms. The molecule has 0 spiro atoms. The summed E-state index contributed by atoms with van der Waals surface area (Å²) < 4.78 is 6.55. The molecule has 0 saturated heterocycles. The van der Waals surface area contributed by atoms with Crippen molar-refractivity contribution in [1.82, 2.24) is 23.9 Å². The zero-order valence-electron chi connectivity index (χ0n) is 26.4. The molecule has 6 aromatic carbocycles. The molecule has 0 N–H and O–H groups in total. The smallest absolute Gasteiger partial charge is 0.139 e. The van der Waals surface area contributed by atoms with Crippen LogP contribution in [0.4, 0.5) is 0 Å². The Labute approximate surface area is 278 Å². The van der Waals surface area contributed by atoms with Gasteiger partial charge in [-0.2, -0.15) is 5.10 Å². The Hall–Kier alpha value is -6.46.